The second-order valence-corrected chi connectivity index (χ2v) is 5.39. The summed E-state index contributed by atoms with van der Waals surface area (Å²) in [7, 11) is 0. The van der Waals surface area contributed by atoms with Gasteiger partial charge in [-0.15, -0.1) is 0 Å². The first-order chi connectivity index (χ1) is 6.11. The fraction of sp³-hybridized carbons (Fsp3) is 1.00. The zero-order valence-corrected chi connectivity index (χ0v) is 9.90. The van der Waals surface area contributed by atoms with Crippen molar-refractivity contribution in [1.29, 1.82) is 0 Å². The average molecular weight is 182 g/mol. The Kier molecular flexibility index (Phi) is 3.82. The monoisotopic (exact) mass is 182 g/mol. The molecule has 0 bridgehead atoms. The van der Waals surface area contributed by atoms with Crippen LogP contribution in [0.2, 0.25) is 0 Å². The molecule has 1 aliphatic carbocycles. The summed E-state index contributed by atoms with van der Waals surface area (Å²) >= 11 is 0. The van der Waals surface area contributed by atoms with Crippen molar-refractivity contribution in [2.24, 2.45) is 17.3 Å². The van der Waals surface area contributed by atoms with Crippen molar-refractivity contribution in [2.75, 3.05) is 0 Å². The van der Waals surface area contributed by atoms with Crippen molar-refractivity contribution in [3.63, 3.8) is 0 Å². The summed E-state index contributed by atoms with van der Waals surface area (Å²) in [5, 5.41) is 0. The van der Waals surface area contributed by atoms with Crippen molar-refractivity contribution < 1.29 is 0 Å². The highest BCUT2D eigenvalue weighted by Gasteiger charge is 2.30. The summed E-state index contributed by atoms with van der Waals surface area (Å²) in [6, 6.07) is 0. The van der Waals surface area contributed by atoms with Crippen molar-refractivity contribution in [3.8, 4) is 0 Å². The molecule has 0 aliphatic heterocycles. The van der Waals surface area contributed by atoms with E-state index in [2.05, 4.69) is 27.7 Å². The van der Waals surface area contributed by atoms with E-state index in [-0.39, 0.29) is 0 Å². The van der Waals surface area contributed by atoms with Crippen molar-refractivity contribution in [1.82, 2.24) is 0 Å². The van der Waals surface area contributed by atoms with Gasteiger partial charge in [-0.1, -0.05) is 40.5 Å². The van der Waals surface area contributed by atoms with E-state index < -0.39 is 0 Å². The topological polar surface area (TPSA) is 0 Å². The molecule has 0 nitrogen and oxygen atoms in total. The van der Waals surface area contributed by atoms with Gasteiger partial charge in [0.15, 0.2) is 0 Å². The van der Waals surface area contributed by atoms with E-state index in [4.69, 9.17) is 0 Å². The fourth-order valence-electron chi connectivity index (χ4n) is 2.59. The standard InChI is InChI=1S/C13H26/c1-5-11(3)12-7-9-13(4,6-2)10-8-12/h11-12H,5-10H2,1-4H3. The largest absolute Gasteiger partial charge is 0.0651 e. The summed E-state index contributed by atoms with van der Waals surface area (Å²) in [6.07, 6.45) is 8.66. The lowest BCUT2D eigenvalue weighted by molar-refractivity contribution is 0.132. The molecule has 0 aromatic heterocycles. The summed E-state index contributed by atoms with van der Waals surface area (Å²) < 4.78 is 0. The van der Waals surface area contributed by atoms with Crippen molar-refractivity contribution in [3.05, 3.63) is 0 Å². The number of rotatable bonds is 3. The molecule has 0 N–H and O–H groups in total. The van der Waals surface area contributed by atoms with Crippen LogP contribution in [-0.2, 0) is 0 Å². The predicted molar refractivity (Wildman–Crippen MR) is 59.8 cm³/mol. The first kappa shape index (κ1) is 11.1. The fourth-order valence-corrected chi connectivity index (χ4v) is 2.59. The van der Waals surface area contributed by atoms with Crippen LogP contribution in [0.15, 0.2) is 0 Å². The first-order valence-electron chi connectivity index (χ1n) is 6.11. The Morgan fingerprint density at radius 3 is 2.15 bits per heavy atom. The number of hydrogen-bond acceptors (Lipinski definition) is 0. The molecule has 1 aliphatic rings. The van der Waals surface area contributed by atoms with E-state index >= 15 is 0 Å². The Balaban J connectivity index is 2.38. The molecule has 0 radical (unpaired) electrons. The SMILES string of the molecule is CCC(C)C1CCC(C)(CC)CC1. The minimum absolute atomic E-state index is 0.684. The maximum Gasteiger partial charge on any atom is -0.0328 e. The van der Waals surface area contributed by atoms with Crippen LogP contribution < -0.4 is 0 Å². The van der Waals surface area contributed by atoms with Gasteiger partial charge >= 0.3 is 0 Å². The molecule has 1 unspecified atom stereocenters. The van der Waals surface area contributed by atoms with Gasteiger partial charge in [-0.25, -0.2) is 0 Å². The van der Waals surface area contributed by atoms with Gasteiger partial charge in [0.1, 0.15) is 0 Å². The molecular formula is C13H26. The van der Waals surface area contributed by atoms with Crippen molar-refractivity contribution in [2.45, 2.75) is 66.2 Å². The highest BCUT2D eigenvalue weighted by molar-refractivity contribution is 4.82. The Hall–Kier alpha value is 0. The summed E-state index contributed by atoms with van der Waals surface area (Å²) in [6.45, 7) is 9.58. The normalized spacial score (nSPS) is 37.4. The zero-order valence-electron chi connectivity index (χ0n) is 9.90. The highest BCUT2D eigenvalue weighted by Crippen LogP contribution is 2.43. The van der Waals surface area contributed by atoms with Crippen LogP contribution in [0.3, 0.4) is 0 Å². The molecule has 0 aromatic carbocycles. The van der Waals surface area contributed by atoms with Crippen LogP contribution >= 0.6 is 0 Å². The molecule has 0 heteroatoms. The Labute approximate surface area is 84.1 Å². The van der Waals surface area contributed by atoms with Crippen LogP contribution in [0.4, 0.5) is 0 Å². The molecule has 0 aromatic rings. The highest BCUT2D eigenvalue weighted by atomic mass is 14.4. The van der Waals surface area contributed by atoms with Gasteiger partial charge in [-0.3, -0.25) is 0 Å². The molecule has 0 heterocycles. The number of hydrogen-bond donors (Lipinski definition) is 0. The third-order valence-corrected chi connectivity index (χ3v) is 4.54. The van der Waals surface area contributed by atoms with Crippen molar-refractivity contribution >= 4 is 0 Å². The van der Waals surface area contributed by atoms with E-state index in [1.165, 1.54) is 38.5 Å². The van der Waals surface area contributed by atoms with E-state index in [9.17, 15) is 0 Å². The molecule has 1 rings (SSSR count). The summed E-state index contributed by atoms with van der Waals surface area (Å²) in [5.41, 5.74) is 0.684. The van der Waals surface area contributed by atoms with Crippen LogP contribution in [0, 0.1) is 17.3 Å². The molecule has 0 amide bonds. The third kappa shape index (κ3) is 2.72. The first-order valence-corrected chi connectivity index (χ1v) is 6.11. The van der Waals surface area contributed by atoms with E-state index in [0.717, 1.165) is 11.8 Å². The minimum atomic E-state index is 0.684. The summed E-state index contributed by atoms with van der Waals surface area (Å²) in [4.78, 5) is 0. The minimum Gasteiger partial charge on any atom is -0.0651 e. The van der Waals surface area contributed by atoms with Gasteiger partial charge < -0.3 is 0 Å². The Morgan fingerprint density at radius 1 is 1.23 bits per heavy atom. The Bertz CT molecular complexity index is 140. The smallest absolute Gasteiger partial charge is 0.0328 e. The molecular weight excluding hydrogens is 156 g/mol. The molecule has 0 spiro atoms. The second kappa shape index (κ2) is 4.48. The van der Waals surface area contributed by atoms with Gasteiger partial charge in [0.2, 0.25) is 0 Å². The van der Waals surface area contributed by atoms with Gasteiger partial charge in [-0.2, -0.15) is 0 Å². The lowest BCUT2D eigenvalue weighted by atomic mass is 9.67. The lowest BCUT2D eigenvalue weighted by Crippen LogP contribution is -2.26. The zero-order chi connectivity index (χ0) is 9.90. The molecule has 13 heavy (non-hydrogen) atoms. The van der Waals surface area contributed by atoms with E-state index in [1.54, 1.807) is 0 Å². The van der Waals surface area contributed by atoms with Gasteiger partial charge in [-0.05, 0) is 42.9 Å². The molecule has 1 fully saturated rings. The van der Waals surface area contributed by atoms with Crippen LogP contribution in [0.25, 0.3) is 0 Å². The van der Waals surface area contributed by atoms with Crippen LogP contribution in [0.1, 0.15) is 66.2 Å². The lowest BCUT2D eigenvalue weighted by Gasteiger charge is -2.38. The maximum absolute atomic E-state index is 2.47. The molecule has 0 saturated heterocycles. The maximum atomic E-state index is 2.47. The Morgan fingerprint density at radius 2 is 1.77 bits per heavy atom. The molecule has 1 atom stereocenters. The van der Waals surface area contributed by atoms with Gasteiger partial charge in [0, 0.05) is 0 Å². The average Bonchev–Trinajstić information content (AvgIpc) is 2.18. The molecule has 1 saturated carbocycles. The second-order valence-electron chi connectivity index (χ2n) is 5.39. The van der Waals surface area contributed by atoms with Crippen LogP contribution in [-0.4, -0.2) is 0 Å². The third-order valence-electron chi connectivity index (χ3n) is 4.54. The van der Waals surface area contributed by atoms with Crippen LogP contribution in [0.5, 0.6) is 0 Å². The quantitative estimate of drug-likeness (QED) is 0.596. The summed E-state index contributed by atoms with van der Waals surface area (Å²) in [5.74, 6) is 1.99. The van der Waals surface area contributed by atoms with E-state index in [0.29, 0.717) is 5.41 Å². The van der Waals surface area contributed by atoms with Gasteiger partial charge in [0.05, 0.1) is 0 Å². The predicted octanol–water partition coefficient (Wildman–Crippen LogP) is 4.64. The van der Waals surface area contributed by atoms with Gasteiger partial charge in [0.25, 0.3) is 0 Å². The van der Waals surface area contributed by atoms with E-state index in [1.807, 2.05) is 0 Å². The molecule has 78 valence electrons.